The van der Waals surface area contributed by atoms with Gasteiger partial charge in [0, 0.05) is 24.9 Å². The van der Waals surface area contributed by atoms with E-state index in [4.69, 9.17) is 4.74 Å². The molecule has 3 aliphatic rings. The van der Waals surface area contributed by atoms with Crippen LogP contribution in [0.3, 0.4) is 0 Å². The van der Waals surface area contributed by atoms with Crippen molar-refractivity contribution in [3.05, 3.63) is 29.0 Å². The number of hydrogen-bond acceptors (Lipinski definition) is 4. The van der Waals surface area contributed by atoms with Crippen LogP contribution in [0.25, 0.3) is 0 Å². The topological polar surface area (TPSA) is 55.3 Å². The van der Waals surface area contributed by atoms with E-state index in [1.54, 1.807) is 12.4 Å². The second-order valence-corrected chi connectivity index (χ2v) is 7.65. The van der Waals surface area contributed by atoms with Gasteiger partial charge in [0.05, 0.1) is 11.0 Å². The van der Waals surface area contributed by atoms with Gasteiger partial charge in [0.1, 0.15) is 6.10 Å². The fourth-order valence-corrected chi connectivity index (χ4v) is 4.25. The third-order valence-electron chi connectivity index (χ3n) is 5.15. The largest absolute Gasteiger partial charge is 0.458 e. The van der Waals surface area contributed by atoms with E-state index in [2.05, 4.69) is 38.0 Å². The van der Waals surface area contributed by atoms with Gasteiger partial charge in [0.15, 0.2) is 0 Å². The number of amides is 1. The van der Waals surface area contributed by atoms with Crippen molar-refractivity contribution in [2.75, 3.05) is 13.1 Å². The van der Waals surface area contributed by atoms with Crippen LogP contribution in [0.1, 0.15) is 25.7 Å². The Morgan fingerprint density at radius 3 is 2.78 bits per heavy atom. The maximum Gasteiger partial charge on any atom is 0.316 e. The monoisotopic (exact) mass is 377 g/mol. The molecule has 0 spiro atoms. The zero-order valence-corrected chi connectivity index (χ0v) is 14.5. The lowest BCUT2D eigenvalue weighted by Gasteiger charge is -2.35. The molecule has 2 fully saturated rings. The van der Waals surface area contributed by atoms with Crippen LogP contribution in [-0.4, -0.2) is 40.0 Å². The van der Waals surface area contributed by atoms with Crippen LogP contribution in [0.2, 0.25) is 0 Å². The molecule has 4 rings (SSSR count). The summed E-state index contributed by atoms with van der Waals surface area (Å²) in [5.74, 6) is 1.59. The number of fused-ring (bicyclic) bond motifs is 2. The molecule has 1 aromatic rings. The summed E-state index contributed by atoms with van der Waals surface area (Å²) in [7, 11) is 0. The van der Waals surface area contributed by atoms with Crippen molar-refractivity contribution in [2.24, 2.45) is 17.8 Å². The molecule has 1 saturated heterocycles. The summed E-state index contributed by atoms with van der Waals surface area (Å²) in [5.41, 5.74) is 0. The fourth-order valence-electron chi connectivity index (χ4n) is 4.04. The van der Waals surface area contributed by atoms with Crippen LogP contribution < -0.4 is 4.74 Å². The van der Waals surface area contributed by atoms with E-state index in [0.717, 1.165) is 36.7 Å². The number of allylic oxidation sites excluding steroid dienone is 2. The number of hydrogen-bond donors (Lipinski definition) is 0. The van der Waals surface area contributed by atoms with E-state index in [-0.39, 0.29) is 12.0 Å². The Hall–Kier alpha value is -1.43. The van der Waals surface area contributed by atoms with Crippen LogP contribution >= 0.6 is 15.9 Å². The van der Waals surface area contributed by atoms with Crippen molar-refractivity contribution in [1.82, 2.24) is 14.9 Å². The van der Waals surface area contributed by atoms with Crippen LogP contribution in [0.15, 0.2) is 29.0 Å². The molecule has 23 heavy (non-hydrogen) atoms. The molecular weight excluding hydrogens is 358 g/mol. The molecule has 122 valence electrons. The molecule has 1 aromatic heterocycles. The summed E-state index contributed by atoms with van der Waals surface area (Å²) >= 11 is 3.31. The quantitative estimate of drug-likeness (QED) is 0.759. The van der Waals surface area contributed by atoms with Crippen LogP contribution in [-0.2, 0) is 4.79 Å². The highest BCUT2D eigenvalue weighted by Gasteiger charge is 2.42. The van der Waals surface area contributed by atoms with Crippen molar-refractivity contribution in [3.8, 4) is 6.01 Å². The summed E-state index contributed by atoms with van der Waals surface area (Å²) in [6.45, 7) is 1.49. The second-order valence-electron chi connectivity index (χ2n) is 6.74. The first-order chi connectivity index (χ1) is 11.2. The SMILES string of the molecule is O=C(C1CC2C=CC1C2)N1CCCC(Oc2ncc(Br)cn2)C1. The van der Waals surface area contributed by atoms with Crippen molar-refractivity contribution in [3.63, 3.8) is 0 Å². The molecule has 1 amide bonds. The molecule has 1 saturated carbocycles. The van der Waals surface area contributed by atoms with Crippen molar-refractivity contribution < 1.29 is 9.53 Å². The Bertz CT molecular complexity index is 619. The van der Waals surface area contributed by atoms with Gasteiger partial charge in [0.25, 0.3) is 0 Å². The highest BCUT2D eigenvalue weighted by molar-refractivity contribution is 9.10. The number of likely N-dealkylation sites (tertiary alicyclic amines) is 1. The summed E-state index contributed by atoms with van der Waals surface area (Å²) in [6, 6.07) is 0.385. The lowest BCUT2D eigenvalue weighted by atomic mass is 9.91. The molecule has 4 unspecified atom stereocenters. The van der Waals surface area contributed by atoms with E-state index < -0.39 is 0 Å². The Labute approximate surface area is 144 Å². The number of aromatic nitrogens is 2. The average molecular weight is 378 g/mol. The maximum absolute atomic E-state index is 12.8. The van der Waals surface area contributed by atoms with Gasteiger partial charge in [-0.2, -0.15) is 0 Å². The van der Waals surface area contributed by atoms with E-state index in [1.807, 2.05) is 4.90 Å². The molecule has 4 atom stereocenters. The van der Waals surface area contributed by atoms with Gasteiger partial charge in [0.2, 0.25) is 5.91 Å². The summed E-state index contributed by atoms with van der Waals surface area (Å²) < 4.78 is 6.69. The summed E-state index contributed by atoms with van der Waals surface area (Å²) in [5, 5.41) is 0. The molecule has 0 radical (unpaired) electrons. The number of ether oxygens (including phenoxy) is 1. The van der Waals surface area contributed by atoms with Crippen LogP contribution in [0.4, 0.5) is 0 Å². The number of carbonyl (C=O) groups is 1. The predicted octanol–water partition coefficient (Wildman–Crippen LogP) is 2.82. The number of halogens is 1. The minimum atomic E-state index is -0.0111. The fraction of sp³-hybridized carbons (Fsp3) is 0.588. The van der Waals surface area contributed by atoms with Crippen molar-refractivity contribution in [2.45, 2.75) is 31.8 Å². The first-order valence-corrected chi connectivity index (χ1v) is 9.09. The Balaban J connectivity index is 1.38. The van der Waals surface area contributed by atoms with Crippen LogP contribution in [0.5, 0.6) is 6.01 Å². The number of rotatable bonds is 3. The van der Waals surface area contributed by atoms with E-state index >= 15 is 0 Å². The van der Waals surface area contributed by atoms with Gasteiger partial charge in [-0.05, 0) is 53.4 Å². The highest BCUT2D eigenvalue weighted by atomic mass is 79.9. The molecular formula is C17H20BrN3O2. The van der Waals surface area contributed by atoms with Gasteiger partial charge in [-0.15, -0.1) is 0 Å². The predicted molar refractivity (Wildman–Crippen MR) is 88.8 cm³/mol. The molecule has 6 heteroatoms. The number of nitrogens with zero attached hydrogens (tertiary/aromatic N) is 3. The third-order valence-corrected chi connectivity index (χ3v) is 5.56. The average Bonchev–Trinajstić information content (AvgIpc) is 3.20. The molecule has 1 aliphatic heterocycles. The van der Waals surface area contributed by atoms with E-state index in [9.17, 15) is 4.79 Å². The molecule has 2 heterocycles. The zero-order chi connectivity index (χ0) is 15.8. The highest BCUT2D eigenvalue weighted by Crippen LogP contribution is 2.44. The Morgan fingerprint density at radius 2 is 2.09 bits per heavy atom. The van der Waals surface area contributed by atoms with Gasteiger partial charge >= 0.3 is 6.01 Å². The lowest BCUT2D eigenvalue weighted by Crippen LogP contribution is -2.47. The molecule has 5 nitrogen and oxygen atoms in total. The van der Waals surface area contributed by atoms with Gasteiger partial charge in [-0.1, -0.05) is 12.2 Å². The molecule has 0 N–H and O–H groups in total. The van der Waals surface area contributed by atoms with Gasteiger partial charge in [-0.3, -0.25) is 4.79 Å². The minimum Gasteiger partial charge on any atom is -0.458 e. The standard InChI is InChI=1S/C17H20BrN3O2/c18-13-8-19-17(20-9-13)23-14-2-1-5-21(10-14)16(22)15-7-11-3-4-12(15)6-11/h3-4,8-9,11-12,14-15H,1-2,5-7,10H2. The number of carbonyl (C=O) groups excluding carboxylic acids is 1. The Kier molecular flexibility index (Phi) is 4.09. The van der Waals surface area contributed by atoms with Crippen LogP contribution in [0, 0.1) is 17.8 Å². The van der Waals surface area contributed by atoms with Crippen molar-refractivity contribution >= 4 is 21.8 Å². The van der Waals surface area contributed by atoms with E-state index in [1.165, 1.54) is 0 Å². The summed E-state index contributed by atoms with van der Waals surface area (Å²) in [6.07, 6.45) is 12.0. The summed E-state index contributed by atoms with van der Waals surface area (Å²) in [4.78, 5) is 23.1. The first kappa shape index (κ1) is 15.1. The van der Waals surface area contributed by atoms with Crippen molar-refractivity contribution in [1.29, 1.82) is 0 Å². The van der Waals surface area contributed by atoms with Gasteiger partial charge < -0.3 is 9.64 Å². The van der Waals surface area contributed by atoms with E-state index in [0.29, 0.717) is 30.3 Å². The van der Waals surface area contributed by atoms with Gasteiger partial charge in [-0.25, -0.2) is 9.97 Å². The zero-order valence-electron chi connectivity index (χ0n) is 12.9. The second kappa shape index (κ2) is 6.23. The lowest BCUT2D eigenvalue weighted by molar-refractivity contribution is -0.139. The Morgan fingerprint density at radius 1 is 1.26 bits per heavy atom. The third kappa shape index (κ3) is 3.13. The molecule has 0 aromatic carbocycles. The molecule has 2 bridgehead atoms. The molecule has 2 aliphatic carbocycles. The minimum absolute atomic E-state index is 0.0111. The normalized spacial score (nSPS) is 32.3. The smallest absolute Gasteiger partial charge is 0.316 e. The first-order valence-electron chi connectivity index (χ1n) is 8.30. The maximum atomic E-state index is 12.8. The number of piperidine rings is 1.